The van der Waals surface area contributed by atoms with Crippen LogP contribution in [0.5, 0.6) is 0 Å². The highest BCUT2D eigenvalue weighted by molar-refractivity contribution is 7.89. The second-order valence-electron chi connectivity index (χ2n) is 5.37. The summed E-state index contributed by atoms with van der Waals surface area (Å²) in [6.07, 6.45) is 1.39. The fourth-order valence-corrected chi connectivity index (χ4v) is 4.37. The standard InChI is InChI=1S/C14H20N2O3S2/c1-10-8-12(14(15)20)2-3-13(10)21(18,19)16-6-4-11(9-17)5-7-16/h2-3,8,11,17H,4-7,9H2,1H3,(H2,15,20). The molecule has 21 heavy (non-hydrogen) atoms. The van der Waals surface area contributed by atoms with Gasteiger partial charge in [-0.25, -0.2) is 8.42 Å². The molecule has 5 nitrogen and oxygen atoms in total. The second-order valence-corrected chi connectivity index (χ2v) is 7.72. The predicted octanol–water partition coefficient (Wildman–Crippen LogP) is 1.02. The number of piperidine rings is 1. The summed E-state index contributed by atoms with van der Waals surface area (Å²) >= 11 is 4.90. The molecule has 116 valence electrons. The van der Waals surface area contributed by atoms with Crippen molar-refractivity contribution in [3.05, 3.63) is 29.3 Å². The Balaban J connectivity index is 2.26. The monoisotopic (exact) mass is 328 g/mol. The second kappa shape index (κ2) is 6.39. The third-order valence-corrected chi connectivity index (χ3v) is 6.20. The van der Waals surface area contributed by atoms with Crippen LogP contribution in [0.2, 0.25) is 0 Å². The first-order valence-electron chi connectivity index (χ1n) is 6.87. The average Bonchev–Trinajstić information content (AvgIpc) is 2.46. The number of benzene rings is 1. The lowest BCUT2D eigenvalue weighted by Gasteiger charge is -2.30. The van der Waals surface area contributed by atoms with Crippen molar-refractivity contribution in [1.29, 1.82) is 0 Å². The third kappa shape index (κ3) is 3.42. The molecule has 0 unspecified atom stereocenters. The number of sulfonamides is 1. The zero-order valence-corrected chi connectivity index (χ0v) is 13.6. The van der Waals surface area contributed by atoms with Crippen LogP contribution in [0, 0.1) is 12.8 Å². The molecule has 0 aromatic heterocycles. The number of rotatable bonds is 4. The number of aryl methyl sites for hydroxylation is 1. The molecule has 2 rings (SSSR count). The van der Waals surface area contributed by atoms with Gasteiger partial charge in [-0.1, -0.05) is 18.3 Å². The average molecular weight is 328 g/mol. The number of thiocarbonyl (C=S) groups is 1. The minimum atomic E-state index is -3.50. The van der Waals surface area contributed by atoms with Crippen LogP contribution < -0.4 is 5.73 Å². The first kappa shape index (κ1) is 16.4. The molecule has 1 heterocycles. The molecule has 0 spiro atoms. The van der Waals surface area contributed by atoms with Crippen molar-refractivity contribution in [2.75, 3.05) is 19.7 Å². The molecule has 0 radical (unpaired) electrons. The van der Waals surface area contributed by atoms with E-state index in [0.29, 0.717) is 42.0 Å². The van der Waals surface area contributed by atoms with Crippen LogP contribution in [0.1, 0.15) is 24.0 Å². The Labute approximate surface area is 130 Å². The summed E-state index contributed by atoms with van der Waals surface area (Å²) in [5.41, 5.74) is 6.87. The minimum Gasteiger partial charge on any atom is -0.396 e. The number of nitrogens with two attached hydrogens (primary N) is 1. The van der Waals surface area contributed by atoms with Gasteiger partial charge < -0.3 is 10.8 Å². The predicted molar refractivity (Wildman–Crippen MR) is 85.6 cm³/mol. The molecule has 0 bridgehead atoms. The fourth-order valence-electron chi connectivity index (χ4n) is 2.56. The van der Waals surface area contributed by atoms with Gasteiger partial charge in [0.1, 0.15) is 4.99 Å². The molecule has 1 saturated heterocycles. The molecule has 7 heteroatoms. The highest BCUT2D eigenvalue weighted by atomic mass is 32.2. The zero-order valence-electron chi connectivity index (χ0n) is 11.9. The van der Waals surface area contributed by atoms with Crippen LogP contribution in [0.25, 0.3) is 0 Å². The lowest BCUT2D eigenvalue weighted by molar-refractivity contribution is 0.170. The molecule has 3 N–H and O–H groups in total. The number of nitrogens with zero attached hydrogens (tertiary/aromatic N) is 1. The number of hydrogen-bond donors (Lipinski definition) is 2. The van der Waals surface area contributed by atoms with Gasteiger partial charge in [0.15, 0.2) is 0 Å². The topological polar surface area (TPSA) is 83.6 Å². The zero-order chi connectivity index (χ0) is 15.6. The smallest absolute Gasteiger partial charge is 0.243 e. The van der Waals surface area contributed by atoms with E-state index in [2.05, 4.69) is 0 Å². The van der Waals surface area contributed by atoms with Crippen LogP contribution in [0.3, 0.4) is 0 Å². The van der Waals surface area contributed by atoms with Gasteiger partial charge in [-0.2, -0.15) is 4.31 Å². The number of aliphatic hydroxyl groups is 1. The minimum absolute atomic E-state index is 0.121. The van der Waals surface area contributed by atoms with Crippen molar-refractivity contribution >= 4 is 27.2 Å². The summed E-state index contributed by atoms with van der Waals surface area (Å²) in [4.78, 5) is 0.552. The summed E-state index contributed by atoms with van der Waals surface area (Å²) in [5.74, 6) is 0.203. The van der Waals surface area contributed by atoms with Gasteiger partial charge in [0, 0.05) is 25.3 Å². The van der Waals surface area contributed by atoms with E-state index in [1.807, 2.05) is 0 Å². The largest absolute Gasteiger partial charge is 0.396 e. The van der Waals surface area contributed by atoms with Gasteiger partial charge in [0.2, 0.25) is 10.0 Å². The quantitative estimate of drug-likeness (QED) is 0.806. The van der Waals surface area contributed by atoms with Crippen LogP contribution in [-0.2, 0) is 10.0 Å². The van der Waals surface area contributed by atoms with E-state index in [1.165, 1.54) is 4.31 Å². The molecule has 1 aromatic carbocycles. The Morgan fingerprint density at radius 3 is 2.52 bits per heavy atom. The van der Waals surface area contributed by atoms with Crippen LogP contribution in [-0.4, -0.2) is 42.5 Å². The first-order chi connectivity index (χ1) is 9.86. The Bertz CT molecular complexity index is 636. The molecule has 0 saturated carbocycles. The summed E-state index contributed by atoms with van der Waals surface area (Å²) in [7, 11) is -3.50. The molecular formula is C14H20N2O3S2. The molecule has 1 aliphatic rings. The molecule has 1 aromatic rings. The maximum atomic E-state index is 12.7. The van der Waals surface area contributed by atoms with Crippen molar-refractivity contribution in [3.8, 4) is 0 Å². The molecule has 1 aliphatic heterocycles. The van der Waals surface area contributed by atoms with E-state index < -0.39 is 10.0 Å². The van der Waals surface area contributed by atoms with Crippen LogP contribution >= 0.6 is 12.2 Å². The van der Waals surface area contributed by atoms with Crippen molar-refractivity contribution in [2.24, 2.45) is 11.7 Å². The van der Waals surface area contributed by atoms with E-state index in [9.17, 15) is 8.42 Å². The summed E-state index contributed by atoms with van der Waals surface area (Å²) < 4.78 is 26.9. The van der Waals surface area contributed by atoms with Crippen LogP contribution in [0.4, 0.5) is 0 Å². The maximum absolute atomic E-state index is 12.7. The van der Waals surface area contributed by atoms with Crippen molar-refractivity contribution < 1.29 is 13.5 Å². The van der Waals surface area contributed by atoms with Crippen molar-refractivity contribution in [1.82, 2.24) is 4.31 Å². The van der Waals surface area contributed by atoms with E-state index in [0.717, 1.165) is 0 Å². The highest BCUT2D eigenvalue weighted by Crippen LogP contribution is 2.26. The molecule has 1 fully saturated rings. The van der Waals surface area contributed by atoms with Gasteiger partial charge >= 0.3 is 0 Å². The Kier molecular flexibility index (Phi) is 4.98. The third-order valence-electron chi connectivity index (χ3n) is 3.91. The van der Waals surface area contributed by atoms with Crippen molar-refractivity contribution in [2.45, 2.75) is 24.7 Å². The van der Waals surface area contributed by atoms with E-state index in [1.54, 1.807) is 25.1 Å². The molecule has 0 aliphatic carbocycles. The summed E-state index contributed by atoms with van der Waals surface area (Å²) in [6, 6.07) is 4.91. The molecule has 0 atom stereocenters. The summed E-state index contributed by atoms with van der Waals surface area (Å²) in [5, 5.41) is 9.13. The normalized spacial score (nSPS) is 17.8. The Morgan fingerprint density at radius 1 is 1.43 bits per heavy atom. The highest BCUT2D eigenvalue weighted by Gasteiger charge is 2.30. The Hall–Kier alpha value is -1.02. The van der Waals surface area contributed by atoms with E-state index >= 15 is 0 Å². The lowest BCUT2D eigenvalue weighted by atomic mass is 10.00. The van der Waals surface area contributed by atoms with Crippen LogP contribution in [0.15, 0.2) is 23.1 Å². The fraction of sp³-hybridized carbons (Fsp3) is 0.500. The molecular weight excluding hydrogens is 308 g/mol. The van der Waals surface area contributed by atoms with E-state index in [4.69, 9.17) is 23.1 Å². The van der Waals surface area contributed by atoms with Gasteiger partial charge in [-0.3, -0.25) is 0 Å². The number of hydrogen-bond acceptors (Lipinski definition) is 4. The SMILES string of the molecule is Cc1cc(C(N)=S)ccc1S(=O)(=O)N1CCC(CO)CC1. The number of aliphatic hydroxyl groups excluding tert-OH is 1. The maximum Gasteiger partial charge on any atom is 0.243 e. The molecule has 0 amide bonds. The van der Waals surface area contributed by atoms with Gasteiger partial charge in [-0.05, 0) is 43.4 Å². The van der Waals surface area contributed by atoms with Gasteiger partial charge in [0.05, 0.1) is 4.90 Å². The summed E-state index contributed by atoms with van der Waals surface area (Å²) in [6.45, 7) is 2.76. The lowest BCUT2D eigenvalue weighted by Crippen LogP contribution is -2.39. The Morgan fingerprint density at radius 2 is 2.05 bits per heavy atom. The van der Waals surface area contributed by atoms with Crippen molar-refractivity contribution in [3.63, 3.8) is 0 Å². The first-order valence-corrected chi connectivity index (χ1v) is 8.72. The van der Waals surface area contributed by atoms with Gasteiger partial charge in [0.25, 0.3) is 0 Å². The van der Waals surface area contributed by atoms with Gasteiger partial charge in [-0.15, -0.1) is 0 Å². The van der Waals surface area contributed by atoms with E-state index in [-0.39, 0.29) is 17.5 Å².